The molecule has 2 atom stereocenters. The topological polar surface area (TPSA) is 56.8 Å². The zero-order chi connectivity index (χ0) is 18.6. The molecule has 0 aliphatic heterocycles. The van der Waals surface area contributed by atoms with Crippen molar-refractivity contribution >= 4 is 5.91 Å². The van der Waals surface area contributed by atoms with Gasteiger partial charge in [-0.1, -0.05) is 6.42 Å². The van der Waals surface area contributed by atoms with Gasteiger partial charge < -0.3 is 19.5 Å². The van der Waals surface area contributed by atoms with Crippen LogP contribution in [0.1, 0.15) is 36.0 Å². The van der Waals surface area contributed by atoms with E-state index in [-0.39, 0.29) is 18.4 Å². The Balaban J connectivity index is 2.15. The van der Waals surface area contributed by atoms with Crippen LogP contribution in [0.15, 0.2) is 12.1 Å². The van der Waals surface area contributed by atoms with E-state index in [1.165, 1.54) is 33.5 Å². The summed E-state index contributed by atoms with van der Waals surface area (Å²) in [6.45, 7) is 0. The van der Waals surface area contributed by atoms with Crippen LogP contribution in [0.5, 0.6) is 17.2 Å². The summed E-state index contributed by atoms with van der Waals surface area (Å²) in [5.74, 6) is -0.873. The van der Waals surface area contributed by atoms with Crippen molar-refractivity contribution in [3.63, 3.8) is 0 Å². The van der Waals surface area contributed by atoms with Crippen molar-refractivity contribution < 1.29 is 32.2 Å². The van der Waals surface area contributed by atoms with Crippen molar-refractivity contribution in [3.8, 4) is 17.2 Å². The first-order valence-corrected chi connectivity index (χ1v) is 7.97. The van der Waals surface area contributed by atoms with Gasteiger partial charge in [0.1, 0.15) is 0 Å². The SMILES string of the molecule is COc1cc(C(=O)NC2CCCC(C(F)(F)F)C2)cc(OC)c1OC. The number of carbonyl (C=O) groups excluding carboxylic acids is 1. The molecule has 1 aliphatic carbocycles. The number of nitrogens with one attached hydrogen (secondary N) is 1. The van der Waals surface area contributed by atoms with Gasteiger partial charge in [-0.15, -0.1) is 0 Å². The molecule has 2 unspecified atom stereocenters. The van der Waals surface area contributed by atoms with Crippen LogP contribution < -0.4 is 19.5 Å². The van der Waals surface area contributed by atoms with Crippen molar-refractivity contribution in [2.75, 3.05) is 21.3 Å². The van der Waals surface area contributed by atoms with Gasteiger partial charge in [0.15, 0.2) is 11.5 Å². The third-order valence-electron chi connectivity index (χ3n) is 4.40. The van der Waals surface area contributed by atoms with E-state index in [0.29, 0.717) is 30.1 Å². The van der Waals surface area contributed by atoms with E-state index in [2.05, 4.69) is 5.32 Å². The maximum absolute atomic E-state index is 12.9. The predicted octanol–water partition coefficient (Wildman–Crippen LogP) is 3.56. The summed E-state index contributed by atoms with van der Waals surface area (Å²) in [6.07, 6.45) is -3.25. The van der Waals surface area contributed by atoms with Crippen LogP contribution in [0.4, 0.5) is 13.2 Å². The van der Waals surface area contributed by atoms with Crippen LogP contribution in [0.25, 0.3) is 0 Å². The Labute approximate surface area is 144 Å². The normalized spacial score (nSPS) is 20.7. The summed E-state index contributed by atoms with van der Waals surface area (Å²) in [5, 5.41) is 2.69. The van der Waals surface area contributed by atoms with Gasteiger partial charge in [0.05, 0.1) is 27.2 Å². The van der Waals surface area contributed by atoms with Crippen molar-refractivity contribution in [2.24, 2.45) is 5.92 Å². The number of hydrogen-bond donors (Lipinski definition) is 1. The fraction of sp³-hybridized carbons (Fsp3) is 0.588. The zero-order valence-electron chi connectivity index (χ0n) is 14.4. The van der Waals surface area contributed by atoms with Crippen LogP contribution >= 0.6 is 0 Å². The van der Waals surface area contributed by atoms with E-state index in [1.807, 2.05) is 0 Å². The fourth-order valence-electron chi connectivity index (χ4n) is 3.10. The summed E-state index contributed by atoms with van der Waals surface area (Å²) in [7, 11) is 4.29. The molecule has 1 fully saturated rings. The third-order valence-corrected chi connectivity index (χ3v) is 4.40. The van der Waals surface area contributed by atoms with E-state index < -0.39 is 24.0 Å². The average molecular weight is 361 g/mol. The second-order valence-electron chi connectivity index (χ2n) is 5.99. The number of hydrogen-bond acceptors (Lipinski definition) is 4. The standard InChI is InChI=1S/C17H22F3NO4/c1-23-13-7-10(8-14(24-2)15(13)25-3)16(22)21-12-6-4-5-11(9-12)17(18,19)20/h7-8,11-12H,4-6,9H2,1-3H3,(H,21,22). The molecule has 1 aliphatic rings. The molecule has 0 bridgehead atoms. The first kappa shape index (κ1) is 19.2. The highest BCUT2D eigenvalue weighted by Crippen LogP contribution is 2.39. The Bertz CT molecular complexity index is 593. The Morgan fingerprint density at radius 2 is 1.68 bits per heavy atom. The molecule has 1 saturated carbocycles. The van der Waals surface area contributed by atoms with Gasteiger partial charge in [-0.3, -0.25) is 4.79 Å². The maximum Gasteiger partial charge on any atom is 0.391 e. The maximum atomic E-state index is 12.9. The Kier molecular flexibility index (Phi) is 6.02. The number of benzene rings is 1. The molecular weight excluding hydrogens is 339 g/mol. The lowest BCUT2D eigenvalue weighted by molar-refractivity contribution is -0.183. The third kappa shape index (κ3) is 4.49. The minimum Gasteiger partial charge on any atom is -0.493 e. The molecule has 8 heteroatoms. The second-order valence-corrected chi connectivity index (χ2v) is 5.99. The molecular formula is C17H22F3NO4. The first-order valence-electron chi connectivity index (χ1n) is 7.97. The molecule has 1 aromatic carbocycles. The van der Waals surface area contributed by atoms with Crippen molar-refractivity contribution in [1.29, 1.82) is 0 Å². The average Bonchev–Trinajstić information content (AvgIpc) is 2.59. The second kappa shape index (κ2) is 7.84. The van der Waals surface area contributed by atoms with Gasteiger partial charge in [0.25, 0.3) is 5.91 Å². The molecule has 1 aromatic rings. The zero-order valence-corrected chi connectivity index (χ0v) is 14.4. The number of methoxy groups -OCH3 is 3. The quantitative estimate of drug-likeness (QED) is 0.871. The van der Waals surface area contributed by atoms with Crippen LogP contribution in [0.2, 0.25) is 0 Å². The number of rotatable bonds is 5. The van der Waals surface area contributed by atoms with Gasteiger partial charge in [0, 0.05) is 11.6 Å². The number of halogens is 3. The minimum absolute atomic E-state index is 0.0976. The smallest absolute Gasteiger partial charge is 0.391 e. The lowest BCUT2D eigenvalue weighted by Gasteiger charge is -2.31. The summed E-state index contributed by atoms with van der Waals surface area (Å²) >= 11 is 0. The monoisotopic (exact) mass is 361 g/mol. The summed E-state index contributed by atoms with van der Waals surface area (Å²) in [4.78, 5) is 12.5. The van der Waals surface area contributed by atoms with E-state index >= 15 is 0 Å². The van der Waals surface area contributed by atoms with Gasteiger partial charge in [-0.25, -0.2) is 0 Å². The molecule has 1 amide bonds. The van der Waals surface area contributed by atoms with E-state index in [1.54, 1.807) is 0 Å². The Hall–Kier alpha value is -2.12. The van der Waals surface area contributed by atoms with Crippen molar-refractivity contribution in [2.45, 2.75) is 37.9 Å². The van der Waals surface area contributed by atoms with Crippen LogP contribution in [-0.2, 0) is 0 Å². The lowest BCUT2D eigenvalue weighted by Crippen LogP contribution is -2.41. The molecule has 0 spiro atoms. The number of ether oxygens (including phenoxy) is 3. The molecule has 5 nitrogen and oxygen atoms in total. The van der Waals surface area contributed by atoms with Gasteiger partial charge in [0.2, 0.25) is 5.75 Å². The summed E-state index contributed by atoms with van der Waals surface area (Å²) < 4.78 is 54.3. The van der Waals surface area contributed by atoms with Crippen LogP contribution in [-0.4, -0.2) is 39.5 Å². The van der Waals surface area contributed by atoms with Gasteiger partial charge >= 0.3 is 6.18 Å². The highest BCUT2D eigenvalue weighted by atomic mass is 19.4. The summed E-state index contributed by atoms with van der Waals surface area (Å²) in [6, 6.07) is 2.44. The molecule has 0 heterocycles. The molecule has 25 heavy (non-hydrogen) atoms. The minimum atomic E-state index is -4.23. The van der Waals surface area contributed by atoms with Crippen molar-refractivity contribution in [1.82, 2.24) is 5.32 Å². The number of carbonyl (C=O) groups is 1. The van der Waals surface area contributed by atoms with E-state index in [4.69, 9.17) is 14.2 Å². The van der Waals surface area contributed by atoms with Gasteiger partial charge in [-0.05, 0) is 31.4 Å². The predicted molar refractivity (Wildman–Crippen MR) is 85.4 cm³/mol. The fourth-order valence-corrected chi connectivity index (χ4v) is 3.10. The molecule has 0 saturated heterocycles. The number of alkyl halides is 3. The van der Waals surface area contributed by atoms with Crippen molar-refractivity contribution in [3.05, 3.63) is 17.7 Å². The van der Waals surface area contributed by atoms with Gasteiger partial charge in [-0.2, -0.15) is 13.2 Å². The van der Waals surface area contributed by atoms with E-state index in [9.17, 15) is 18.0 Å². The number of amides is 1. The Morgan fingerprint density at radius 1 is 1.08 bits per heavy atom. The van der Waals surface area contributed by atoms with Crippen LogP contribution in [0.3, 0.4) is 0 Å². The first-order chi connectivity index (χ1) is 11.8. The van der Waals surface area contributed by atoms with Crippen LogP contribution in [0, 0.1) is 5.92 Å². The summed E-state index contributed by atoms with van der Waals surface area (Å²) in [5.41, 5.74) is 0.239. The molecule has 0 radical (unpaired) electrons. The van der Waals surface area contributed by atoms with E-state index in [0.717, 1.165) is 0 Å². The lowest BCUT2D eigenvalue weighted by atomic mass is 9.85. The molecule has 140 valence electrons. The molecule has 1 N–H and O–H groups in total. The highest BCUT2D eigenvalue weighted by Gasteiger charge is 2.42. The Morgan fingerprint density at radius 3 is 2.16 bits per heavy atom. The molecule has 0 aromatic heterocycles. The highest BCUT2D eigenvalue weighted by molar-refractivity contribution is 5.95. The largest absolute Gasteiger partial charge is 0.493 e. The molecule has 2 rings (SSSR count).